The topological polar surface area (TPSA) is 19.4 Å². The quantitative estimate of drug-likeness (QED) is 0.154. The average Bonchev–Trinajstić information content (AvgIpc) is 3.31. The maximum absolute atomic E-state index is 5.33. The number of hydrogen-bond acceptors (Lipinski definition) is 3. The van der Waals surface area contributed by atoms with Gasteiger partial charge < -0.3 is 4.90 Å². The second kappa shape index (κ2) is 15.1. The number of hydrogen-bond donors (Lipinski definition) is 0. The van der Waals surface area contributed by atoms with Crippen LogP contribution in [0.3, 0.4) is 0 Å². The highest BCUT2D eigenvalue weighted by atomic mass is 15.2. The van der Waals surface area contributed by atoms with Crippen molar-refractivity contribution in [3.05, 3.63) is 236 Å². The summed E-state index contributed by atoms with van der Waals surface area (Å²) in [5, 5.41) is 0. The minimum atomic E-state index is -0.348. The predicted octanol–water partition coefficient (Wildman–Crippen LogP) is 15.3. The van der Waals surface area contributed by atoms with Crippen LogP contribution in [0.1, 0.15) is 25.0 Å². The lowest BCUT2D eigenvalue weighted by molar-refractivity contribution is 0.631. The molecule has 59 heavy (non-hydrogen) atoms. The van der Waals surface area contributed by atoms with Gasteiger partial charge in [-0.25, -0.2) is 4.98 Å². The van der Waals surface area contributed by atoms with Gasteiger partial charge in [-0.05, 0) is 111 Å². The smallest absolute Gasteiger partial charge is 0.138 e. The van der Waals surface area contributed by atoms with E-state index in [9.17, 15) is 0 Å². The molecule has 2 heterocycles. The van der Waals surface area contributed by atoms with E-state index in [1.807, 2.05) is 6.07 Å². The summed E-state index contributed by atoms with van der Waals surface area (Å²) in [5.74, 6) is 0.884. The highest BCUT2D eigenvalue weighted by molar-refractivity contribution is 5.90. The number of fused-ring (bicyclic) bond motifs is 2. The molecule has 0 saturated heterocycles. The Balaban J connectivity index is 1.14. The van der Waals surface area contributed by atoms with Crippen molar-refractivity contribution >= 4 is 34.3 Å². The van der Waals surface area contributed by atoms with Crippen LogP contribution in [0, 0.1) is 0 Å². The van der Waals surface area contributed by atoms with Crippen molar-refractivity contribution in [2.24, 2.45) is 0 Å². The molecule has 0 atom stereocenters. The van der Waals surface area contributed by atoms with Gasteiger partial charge in [0.2, 0.25) is 0 Å². The normalized spacial score (nSPS) is 12.7. The molecule has 10 rings (SSSR count). The maximum Gasteiger partial charge on any atom is 0.138 e. The van der Waals surface area contributed by atoms with Gasteiger partial charge in [-0.2, -0.15) is 0 Å². The van der Waals surface area contributed by atoms with Crippen LogP contribution in [0.25, 0.3) is 44.6 Å². The van der Waals surface area contributed by atoms with Crippen molar-refractivity contribution < 1.29 is 0 Å². The van der Waals surface area contributed by atoms with Crippen molar-refractivity contribution in [3.8, 4) is 44.6 Å². The molecule has 0 unspecified atom stereocenters. The van der Waals surface area contributed by atoms with E-state index in [4.69, 9.17) is 4.98 Å². The minimum absolute atomic E-state index is 0.348. The van der Waals surface area contributed by atoms with Crippen LogP contribution < -0.4 is 9.80 Å². The molecule has 0 amide bonds. The first-order chi connectivity index (χ1) is 29.0. The van der Waals surface area contributed by atoms with E-state index in [1.165, 1.54) is 44.5 Å². The minimum Gasteiger partial charge on any atom is -0.310 e. The lowest BCUT2D eigenvalue weighted by Crippen LogP contribution is -2.31. The second-order valence-electron chi connectivity index (χ2n) is 15.7. The van der Waals surface area contributed by atoms with Crippen molar-refractivity contribution in [1.29, 1.82) is 0 Å². The first-order valence-corrected chi connectivity index (χ1v) is 20.3. The molecule has 0 spiro atoms. The number of nitrogens with zero attached hydrogens (tertiary/aromatic N) is 3. The molecular formula is C56H43N3. The molecule has 0 radical (unpaired) electrons. The summed E-state index contributed by atoms with van der Waals surface area (Å²) >= 11 is 0. The number of anilines is 6. The summed E-state index contributed by atoms with van der Waals surface area (Å²) < 4.78 is 0. The van der Waals surface area contributed by atoms with Gasteiger partial charge >= 0.3 is 0 Å². The Kier molecular flexibility index (Phi) is 9.19. The van der Waals surface area contributed by atoms with Crippen LogP contribution in [-0.4, -0.2) is 4.98 Å². The van der Waals surface area contributed by atoms with Gasteiger partial charge in [-0.3, -0.25) is 4.90 Å². The summed E-state index contributed by atoms with van der Waals surface area (Å²) in [5.41, 5.74) is 16.9. The van der Waals surface area contributed by atoms with Gasteiger partial charge in [0.05, 0.1) is 17.1 Å². The molecule has 1 aromatic heterocycles. The van der Waals surface area contributed by atoms with Crippen molar-refractivity contribution in [2.75, 3.05) is 9.80 Å². The first kappa shape index (κ1) is 35.9. The molecule has 1 aliphatic rings. The van der Waals surface area contributed by atoms with E-state index in [0.29, 0.717) is 0 Å². The Labute approximate surface area is 347 Å². The Morgan fingerprint density at radius 3 is 1.29 bits per heavy atom. The van der Waals surface area contributed by atoms with Crippen LogP contribution in [0.4, 0.5) is 34.3 Å². The van der Waals surface area contributed by atoms with E-state index >= 15 is 0 Å². The average molecular weight is 758 g/mol. The zero-order valence-electron chi connectivity index (χ0n) is 33.2. The van der Waals surface area contributed by atoms with E-state index in [0.717, 1.165) is 45.5 Å². The monoisotopic (exact) mass is 757 g/mol. The fraction of sp³-hybridized carbons (Fsp3) is 0.0536. The third kappa shape index (κ3) is 6.77. The third-order valence-electron chi connectivity index (χ3n) is 11.7. The van der Waals surface area contributed by atoms with Gasteiger partial charge in [0.15, 0.2) is 0 Å². The van der Waals surface area contributed by atoms with E-state index in [-0.39, 0.29) is 5.41 Å². The largest absolute Gasteiger partial charge is 0.310 e. The lowest BCUT2D eigenvalue weighted by atomic mass is 9.72. The molecule has 0 aliphatic carbocycles. The van der Waals surface area contributed by atoms with Gasteiger partial charge in [-0.1, -0.05) is 172 Å². The molecule has 9 aromatic rings. The summed E-state index contributed by atoms with van der Waals surface area (Å²) in [7, 11) is 0. The first-order valence-electron chi connectivity index (χ1n) is 20.3. The van der Waals surface area contributed by atoms with Crippen molar-refractivity contribution in [2.45, 2.75) is 19.3 Å². The molecule has 282 valence electrons. The second-order valence-corrected chi connectivity index (χ2v) is 15.7. The Morgan fingerprint density at radius 1 is 0.356 bits per heavy atom. The van der Waals surface area contributed by atoms with Gasteiger partial charge in [0.25, 0.3) is 0 Å². The van der Waals surface area contributed by atoms with E-state index in [2.05, 4.69) is 242 Å². The fourth-order valence-electron chi connectivity index (χ4n) is 8.55. The Hall–Kier alpha value is -7.49. The Bertz CT molecular complexity index is 2790. The number of aromatic nitrogens is 1. The lowest BCUT2D eigenvalue weighted by Gasteiger charge is -2.42. The van der Waals surface area contributed by atoms with Gasteiger partial charge in [0, 0.05) is 28.0 Å². The molecule has 3 heteroatoms. The molecule has 0 bridgehead atoms. The highest BCUT2D eigenvalue weighted by Gasteiger charge is 2.38. The van der Waals surface area contributed by atoms with Crippen LogP contribution in [-0.2, 0) is 5.41 Å². The number of pyridine rings is 1. The van der Waals surface area contributed by atoms with Crippen LogP contribution in [0.15, 0.2) is 224 Å². The molecule has 1 aliphatic heterocycles. The highest BCUT2D eigenvalue weighted by Crippen LogP contribution is 2.54. The zero-order valence-corrected chi connectivity index (χ0v) is 33.2. The SMILES string of the molecule is CC1(C)c2cc(-c3ccccc3)ccc2N(c2cccc(-c3ccccc3)n2)c2ccc(N(c3ccc(-c4ccccc4)cc3)c3ccc(-c4ccccc4)cc3)cc21. The van der Waals surface area contributed by atoms with E-state index < -0.39 is 0 Å². The molecule has 3 nitrogen and oxygen atoms in total. The van der Waals surface area contributed by atoms with Crippen LogP contribution >= 0.6 is 0 Å². The standard InChI is InChI=1S/C56H43N3/c1-56(2)50-38-46(42-20-11-5-12-21-42)30-36-53(50)59(55-25-15-24-52(57-55)45-22-13-6-14-23-45)54-37-35-49(39-51(54)56)58(47-31-26-43(27-32-47)40-16-7-3-8-17-40)48-33-28-44(29-34-48)41-18-9-4-10-19-41/h3-39H,1-2H3. The maximum atomic E-state index is 5.33. The van der Waals surface area contributed by atoms with Gasteiger partial charge in [-0.15, -0.1) is 0 Å². The van der Waals surface area contributed by atoms with Crippen LogP contribution in [0.5, 0.6) is 0 Å². The Morgan fingerprint density at radius 2 is 0.763 bits per heavy atom. The molecule has 0 N–H and O–H groups in total. The van der Waals surface area contributed by atoms with Crippen molar-refractivity contribution in [1.82, 2.24) is 4.98 Å². The third-order valence-corrected chi connectivity index (χ3v) is 11.7. The molecular weight excluding hydrogens is 715 g/mol. The molecule has 0 fully saturated rings. The number of benzene rings is 8. The summed E-state index contributed by atoms with van der Waals surface area (Å²) in [4.78, 5) is 10.1. The molecule has 8 aromatic carbocycles. The fourth-order valence-corrected chi connectivity index (χ4v) is 8.55. The van der Waals surface area contributed by atoms with Crippen LogP contribution in [0.2, 0.25) is 0 Å². The van der Waals surface area contributed by atoms with Gasteiger partial charge in [0.1, 0.15) is 5.82 Å². The van der Waals surface area contributed by atoms with Crippen molar-refractivity contribution in [3.63, 3.8) is 0 Å². The predicted molar refractivity (Wildman–Crippen MR) is 247 cm³/mol. The summed E-state index contributed by atoms with van der Waals surface area (Å²) in [6.45, 7) is 4.73. The molecule has 0 saturated carbocycles. The number of rotatable bonds is 8. The zero-order chi connectivity index (χ0) is 39.8. The summed E-state index contributed by atoms with van der Waals surface area (Å²) in [6.07, 6.45) is 0. The summed E-state index contributed by atoms with van der Waals surface area (Å²) in [6, 6.07) is 80.4. The van der Waals surface area contributed by atoms with E-state index in [1.54, 1.807) is 0 Å².